The third-order valence-corrected chi connectivity index (χ3v) is 5.41. The second kappa shape index (κ2) is 6.22. The SMILES string of the molecule is COc1ccc(/C=N\NC(=O)[C@@H]2[C@H]3CCCC[C@@]32C)cc1OC. The number of benzene rings is 1. The molecule has 0 aliphatic heterocycles. The molecule has 0 bridgehead atoms. The summed E-state index contributed by atoms with van der Waals surface area (Å²) in [6.07, 6.45) is 6.46. The van der Waals surface area contributed by atoms with Crippen LogP contribution in [-0.4, -0.2) is 26.3 Å². The first-order chi connectivity index (χ1) is 11.1. The average molecular weight is 316 g/mol. The Kier molecular flexibility index (Phi) is 4.28. The number of amides is 1. The molecule has 1 aromatic carbocycles. The van der Waals surface area contributed by atoms with Gasteiger partial charge < -0.3 is 9.47 Å². The Balaban J connectivity index is 1.60. The third-order valence-electron chi connectivity index (χ3n) is 5.41. The molecule has 2 aliphatic rings. The predicted molar refractivity (Wildman–Crippen MR) is 88.8 cm³/mol. The van der Waals surface area contributed by atoms with E-state index in [1.54, 1.807) is 20.4 Å². The van der Waals surface area contributed by atoms with Crippen molar-refractivity contribution in [2.24, 2.45) is 22.4 Å². The second-order valence-corrected chi connectivity index (χ2v) is 6.68. The first-order valence-corrected chi connectivity index (χ1v) is 8.15. The number of methoxy groups -OCH3 is 2. The molecule has 5 nitrogen and oxygen atoms in total. The van der Waals surface area contributed by atoms with Crippen LogP contribution in [0.1, 0.15) is 38.2 Å². The number of nitrogens with one attached hydrogen (secondary N) is 1. The minimum absolute atomic E-state index is 0.0520. The molecule has 2 saturated carbocycles. The number of carbonyl (C=O) groups is 1. The first-order valence-electron chi connectivity index (χ1n) is 8.15. The molecular formula is C18H24N2O3. The molecule has 3 atom stereocenters. The first kappa shape index (κ1) is 15.8. The molecule has 0 unspecified atom stereocenters. The van der Waals surface area contributed by atoms with E-state index in [4.69, 9.17) is 9.47 Å². The van der Waals surface area contributed by atoms with Crippen LogP contribution < -0.4 is 14.9 Å². The van der Waals surface area contributed by atoms with E-state index in [2.05, 4.69) is 17.5 Å². The Morgan fingerprint density at radius 1 is 1.30 bits per heavy atom. The second-order valence-electron chi connectivity index (χ2n) is 6.68. The van der Waals surface area contributed by atoms with E-state index in [0.717, 1.165) is 12.0 Å². The van der Waals surface area contributed by atoms with Crippen molar-refractivity contribution in [2.45, 2.75) is 32.6 Å². The van der Waals surface area contributed by atoms with Gasteiger partial charge in [-0.25, -0.2) is 5.43 Å². The van der Waals surface area contributed by atoms with Crippen molar-refractivity contribution in [3.63, 3.8) is 0 Å². The number of hydrogen-bond acceptors (Lipinski definition) is 4. The van der Waals surface area contributed by atoms with Gasteiger partial charge in [-0.2, -0.15) is 5.10 Å². The molecule has 0 heterocycles. The molecule has 1 aromatic rings. The molecule has 3 rings (SSSR count). The van der Waals surface area contributed by atoms with E-state index >= 15 is 0 Å². The topological polar surface area (TPSA) is 59.9 Å². The number of ether oxygens (including phenoxy) is 2. The van der Waals surface area contributed by atoms with Crippen molar-refractivity contribution in [2.75, 3.05) is 14.2 Å². The third kappa shape index (κ3) is 2.92. The van der Waals surface area contributed by atoms with Crippen LogP contribution in [0.4, 0.5) is 0 Å². The maximum absolute atomic E-state index is 12.3. The zero-order valence-corrected chi connectivity index (χ0v) is 14.0. The summed E-state index contributed by atoms with van der Waals surface area (Å²) in [6, 6.07) is 5.51. The number of hydrogen-bond donors (Lipinski definition) is 1. The van der Waals surface area contributed by atoms with E-state index < -0.39 is 0 Å². The van der Waals surface area contributed by atoms with Crippen LogP contribution in [0.3, 0.4) is 0 Å². The van der Waals surface area contributed by atoms with Crippen LogP contribution in [0.15, 0.2) is 23.3 Å². The van der Waals surface area contributed by atoms with Crippen LogP contribution in [-0.2, 0) is 4.79 Å². The quantitative estimate of drug-likeness (QED) is 0.671. The van der Waals surface area contributed by atoms with Crippen LogP contribution in [0.25, 0.3) is 0 Å². The maximum atomic E-state index is 12.3. The highest BCUT2D eigenvalue weighted by atomic mass is 16.5. The maximum Gasteiger partial charge on any atom is 0.244 e. The highest BCUT2D eigenvalue weighted by molar-refractivity contribution is 5.86. The predicted octanol–water partition coefficient (Wildman–Crippen LogP) is 2.98. The molecule has 124 valence electrons. The van der Waals surface area contributed by atoms with Gasteiger partial charge in [0, 0.05) is 5.92 Å². The van der Waals surface area contributed by atoms with Gasteiger partial charge in [-0.15, -0.1) is 0 Å². The molecule has 0 spiro atoms. The van der Waals surface area contributed by atoms with Gasteiger partial charge in [0.25, 0.3) is 0 Å². The standard InChI is InChI=1S/C18H24N2O3/c1-18-9-5-4-6-13(18)16(18)17(21)20-19-11-12-7-8-14(22-2)15(10-12)23-3/h7-8,10-11,13,16H,4-6,9H2,1-3H3,(H,20,21)/b19-11-/t13-,16+,18+/m1/s1. The lowest BCUT2D eigenvalue weighted by molar-refractivity contribution is -0.123. The fraction of sp³-hybridized carbons (Fsp3) is 0.556. The summed E-state index contributed by atoms with van der Waals surface area (Å²) in [6.45, 7) is 2.24. The van der Waals surface area contributed by atoms with Crippen molar-refractivity contribution in [3.8, 4) is 11.5 Å². The van der Waals surface area contributed by atoms with E-state index in [9.17, 15) is 4.79 Å². The van der Waals surface area contributed by atoms with Crippen molar-refractivity contribution in [1.29, 1.82) is 0 Å². The van der Waals surface area contributed by atoms with Gasteiger partial charge in [0.15, 0.2) is 11.5 Å². The Labute approximate surface area is 137 Å². The van der Waals surface area contributed by atoms with Gasteiger partial charge in [-0.3, -0.25) is 4.79 Å². The van der Waals surface area contributed by atoms with E-state index in [1.165, 1.54) is 19.3 Å². The van der Waals surface area contributed by atoms with Gasteiger partial charge in [-0.1, -0.05) is 19.8 Å². The fourth-order valence-electron chi connectivity index (χ4n) is 4.02. The summed E-state index contributed by atoms with van der Waals surface area (Å²) < 4.78 is 10.5. The van der Waals surface area contributed by atoms with Crippen molar-refractivity contribution >= 4 is 12.1 Å². The zero-order valence-electron chi connectivity index (χ0n) is 14.0. The number of fused-ring (bicyclic) bond motifs is 1. The lowest BCUT2D eigenvalue weighted by atomic mass is 9.90. The summed E-state index contributed by atoms with van der Waals surface area (Å²) in [5, 5.41) is 4.10. The minimum Gasteiger partial charge on any atom is -0.493 e. The molecule has 2 fully saturated rings. The van der Waals surface area contributed by atoms with Gasteiger partial charge in [0.2, 0.25) is 5.91 Å². The van der Waals surface area contributed by atoms with Crippen molar-refractivity contribution in [1.82, 2.24) is 5.43 Å². The minimum atomic E-state index is 0.0520. The lowest BCUT2D eigenvalue weighted by Crippen LogP contribution is -2.22. The van der Waals surface area contributed by atoms with E-state index in [1.807, 2.05) is 18.2 Å². The highest BCUT2D eigenvalue weighted by Crippen LogP contribution is 2.66. The van der Waals surface area contributed by atoms with E-state index in [-0.39, 0.29) is 17.2 Å². The van der Waals surface area contributed by atoms with E-state index in [0.29, 0.717) is 17.4 Å². The molecule has 5 heteroatoms. The van der Waals surface area contributed by atoms with Gasteiger partial charge in [-0.05, 0) is 47.9 Å². The van der Waals surface area contributed by atoms with Gasteiger partial charge in [0.05, 0.1) is 20.4 Å². The number of nitrogens with zero attached hydrogens (tertiary/aromatic N) is 1. The van der Waals surface area contributed by atoms with Crippen LogP contribution in [0.5, 0.6) is 11.5 Å². The molecule has 2 aliphatic carbocycles. The van der Waals surface area contributed by atoms with Crippen molar-refractivity contribution in [3.05, 3.63) is 23.8 Å². The molecule has 23 heavy (non-hydrogen) atoms. The monoisotopic (exact) mass is 316 g/mol. The Bertz CT molecular complexity index is 629. The number of rotatable bonds is 5. The summed E-state index contributed by atoms with van der Waals surface area (Å²) in [5.74, 6) is 2.04. The lowest BCUT2D eigenvalue weighted by Gasteiger charge is -2.15. The van der Waals surface area contributed by atoms with Crippen LogP contribution in [0.2, 0.25) is 0 Å². The molecule has 0 saturated heterocycles. The number of carbonyl (C=O) groups excluding carboxylic acids is 1. The molecular weight excluding hydrogens is 292 g/mol. The summed E-state index contributed by atoms with van der Waals surface area (Å²) in [4.78, 5) is 12.3. The molecule has 0 radical (unpaired) electrons. The molecule has 0 aromatic heterocycles. The summed E-state index contributed by atoms with van der Waals surface area (Å²) in [7, 11) is 3.19. The van der Waals surface area contributed by atoms with Gasteiger partial charge >= 0.3 is 0 Å². The Hall–Kier alpha value is -2.04. The van der Waals surface area contributed by atoms with Crippen LogP contribution >= 0.6 is 0 Å². The molecule has 1 amide bonds. The average Bonchev–Trinajstić information content (AvgIpc) is 3.20. The van der Waals surface area contributed by atoms with Gasteiger partial charge in [0.1, 0.15) is 0 Å². The Morgan fingerprint density at radius 2 is 2.09 bits per heavy atom. The van der Waals surface area contributed by atoms with Crippen LogP contribution in [0, 0.1) is 17.3 Å². The smallest absolute Gasteiger partial charge is 0.244 e. The Morgan fingerprint density at radius 3 is 2.74 bits per heavy atom. The zero-order chi connectivity index (χ0) is 16.4. The van der Waals surface area contributed by atoms with Crippen molar-refractivity contribution < 1.29 is 14.3 Å². The summed E-state index contributed by atoms with van der Waals surface area (Å²) >= 11 is 0. The highest BCUT2D eigenvalue weighted by Gasteiger charge is 2.64. The largest absolute Gasteiger partial charge is 0.493 e. The normalized spacial score (nSPS) is 29.0. The number of hydrazone groups is 1. The molecule has 1 N–H and O–H groups in total. The summed E-state index contributed by atoms with van der Waals surface area (Å²) in [5.41, 5.74) is 3.76. The fourth-order valence-corrected chi connectivity index (χ4v) is 4.02.